The molecule has 88 valence electrons. The molecule has 4 heteroatoms. The molecular formula is C11H22N2O2. The summed E-state index contributed by atoms with van der Waals surface area (Å²) in [6, 6.07) is -0.151. The minimum atomic E-state index is -0.148. The van der Waals surface area contributed by atoms with Crippen molar-refractivity contribution in [3.05, 3.63) is 0 Å². The molecule has 0 spiro atoms. The first-order valence-corrected chi connectivity index (χ1v) is 5.73. The third-order valence-electron chi connectivity index (χ3n) is 3.24. The molecule has 4 nitrogen and oxygen atoms in total. The summed E-state index contributed by atoms with van der Waals surface area (Å²) in [4.78, 5) is 11.8. The van der Waals surface area contributed by atoms with Crippen molar-refractivity contribution in [1.29, 1.82) is 0 Å². The molecule has 0 saturated heterocycles. The highest BCUT2D eigenvalue weighted by molar-refractivity contribution is 5.80. The molecule has 1 aliphatic carbocycles. The van der Waals surface area contributed by atoms with Gasteiger partial charge in [0, 0.05) is 6.04 Å². The number of hydrogen-bond acceptors (Lipinski definition) is 3. The first-order valence-electron chi connectivity index (χ1n) is 5.73. The Morgan fingerprint density at radius 1 is 1.53 bits per heavy atom. The zero-order chi connectivity index (χ0) is 11.4. The predicted octanol–water partition coefficient (Wildman–Crippen LogP) is 0.247. The van der Waals surface area contributed by atoms with Crippen LogP contribution >= 0.6 is 0 Å². The van der Waals surface area contributed by atoms with Gasteiger partial charge in [-0.15, -0.1) is 0 Å². The van der Waals surface area contributed by atoms with Gasteiger partial charge in [0.25, 0.3) is 0 Å². The molecule has 15 heavy (non-hydrogen) atoms. The largest absolute Gasteiger partial charge is 0.394 e. The van der Waals surface area contributed by atoms with Crippen LogP contribution in [0.4, 0.5) is 0 Å². The summed E-state index contributed by atoms with van der Waals surface area (Å²) in [5, 5.41) is 12.0. The number of nitrogens with one attached hydrogen (secondary N) is 1. The average molecular weight is 214 g/mol. The third-order valence-corrected chi connectivity index (χ3v) is 3.24. The fourth-order valence-corrected chi connectivity index (χ4v) is 2.03. The molecule has 1 rings (SSSR count). The van der Waals surface area contributed by atoms with E-state index in [2.05, 4.69) is 5.32 Å². The fourth-order valence-electron chi connectivity index (χ4n) is 2.03. The molecule has 0 aromatic heterocycles. The summed E-state index contributed by atoms with van der Waals surface area (Å²) in [5.74, 6) is 0.196. The van der Waals surface area contributed by atoms with E-state index in [1.54, 1.807) is 0 Å². The van der Waals surface area contributed by atoms with E-state index in [0.717, 1.165) is 19.3 Å². The molecule has 4 N–H and O–H groups in total. The van der Waals surface area contributed by atoms with Gasteiger partial charge in [-0.3, -0.25) is 4.79 Å². The summed E-state index contributed by atoms with van der Waals surface area (Å²) in [6.07, 6.45) is 2.84. The maximum absolute atomic E-state index is 11.8. The summed E-state index contributed by atoms with van der Waals surface area (Å²) in [6.45, 7) is 3.96. The minimum Gasteiger partial charge on any atom is -0.394 e. The van der Waals surface area contributed by atoms with E-state index < -0.39 is 0 Å². The number of amides is 1. The SMILES string of the molecule is CC(C)C(CO)NC(=O)C1CCCC1N. The zero-order valence-corrected chi connectivity index (χ0v) is 9.57. The minimum absolute atomic E-state index is 0.00324. The van der Waals surface area contributed by atoms with E-state index in [4.69, 9.17) is 10.8 Å². The Bertz CT molecular complexity index is 219. The van der Waals surface area contributed by atoms with E-state index in [1.807, 2.05) is 13.8 Å². The van der Waals surface area contributed by atoms with Crippen molar-refractivity contribution in [3.8, 4) is 0 Å². The number of aliphatic hydroxyl groups is 1. The van der Waals surface area contributed by atoms with Gasteiger partial charge < -0.3 is 16.2 Å². The second-order valence-electron chi connectivity index (χ2n) is 4.74. The van der Waals surface area contributed by atoms with Gasteiger partial charge in [0.1, 0.15) is 0 Å². The standard InChI is InChI=1S/C11H22N2O2/c1-7(2)10(6-14)13-11(15)8-4-3-5-9(8)12/h7-10,14H,3-6,12H2,1-2H3,(H,13,15). The molecule has 1 aliphatic rings. The number of carbonyl (C=O) groups excluding carboxylic acids is 1. The Labute approximate surface area is 91.2 Å². The van der Waals surface area contributed by atoms with Crippen LogP contribution in [0.5, 0.6) is 0 Å². The normalized spacial score (nSPS) is 28.1. The second-order valence-corrected chi connectivity index (χ2v) is 4.74. The first-order chi connectivity index (χ1) is 7.06. The van der Waals surface area contributed by atoms with Crippen LogP contribution < -0.4 is 11.1 Å². The van der Waals surface area contributed by atoms with Crippen LogP contribution in [0.1, 0.15) is 33.1 Å². The van der Waals surface area contributed by atoms with Gasteiger partial charge in [-0.2, -0.15) is 0 Å². The lowest BCUT2D eigenvalue weighted by Crippen LogP contribution is -2.46. The van der Waals surface area contributed by atoms with Crippen LogP contribution in [-0.4, -0.2) is 29.7 Å². The van der Waals surface area contributed by atoms with Crippen LogP contribution in [0, 0.1) is 11.8 Å². The van der Waals surface area contributed by atoms with Crippen molar-refractivity contribution in [2.24, 2.45) is 17.6 Å². The van der Waals surface area contributed by atoms with Crippen LogP contribution in [0.3, 0.4) is 0 Å². The monoisotopic (exact) mass is 214 g/mol. The van der Waals surface area contributed by atoms with Crippen LogP contribution in [0.25, 0.3) is 0 Å². The van der Waals surface area contributed by atoms with Gasteiger partial charge in [0.2, 0.25) is 5.91 Å². The number of carbonyl (C=O) groups is 1. The topological polar surface area (TPSA) is 75.3 Å². The van der Waals surface area contributed by atoms with E-state index in [-0.39, 0.29) is 36.4 Å². The number of nitrogens with two attached hydrogens (primary N) is 1. The highest BCUT2D eigenvalue weighted by Crippen LogP contribution is 2.24. The third kappa shape index (κ3) is 3.18. The van der Waals surface area contributed by atoms with Gasteiger partial charge >= 0.3 is 0 Å². The summed E-state index contributed by atoms with van der Waals surface area (Å²) < 4.78 is 0. The quantitative estimate of drug-likeness (QED) is 0.628. The van der Waals surface area contributed by atoms with Crippen molar-refractivity contribution < 1.29 is 9.90 Å². The Morgan fingerprint density at radius 2 is 2.20 bits per heavy atom. The van der Waals surface area contributed by atoms with Crippen LogP contribution in [0.2, 0.25) is 0 Å². The lowest BCUT2D eigenvalue weighted by molar-refractivity contribution is -0.126. The highest BCUT2D eigenvalue weighted by atomic mass is 16.3. The van der Waals surface area contributed by atoms with Crippen molar-refractivity contribution in [3.63, 3.8) is 0 Å². The molecule has 0 heterocycles. The van der Waals surface area contributed by atoms with Gasteiger partial charge in [-0.1, -0.05) is 20.3 Å². The molecule has 3 atom stereocenters. The first kappa shape index (κ1) is 12.5. The van der Waals surface area contributed by atoms with Crippen molar-refractivity contribution in [1.82, 2.24) is 5.32 Å². The van der Waals surface area contributed by atoms with E-state index >= 15 is 0 Å². The van der Waals surface area contributed by atoms with E-state index in [1.165, 1.54) is 0 Å². The van der Waals surface area contributed by atoms with Crippen molar-refractivity contribution in [2.45, 2.75) is 45.2 Å². The number of aliphatic hydroxyl groups excluding tert-OH is 1. The van der Waals surface area contributed by atoms with Crippen LogP contribution in [-0.2, 0) is 4.79 Å². The van der Waals surface area contributed by atoms with E-state index in [0.29, 0.717) is 0 Å². The Balaban J connectivity index is 2.46. The maximum atomic E-state index is 11.8. The van der Waals surface area contributed by atoms with Crippen molar-refractivity contribution in [2.75, 3.05) is 6.61 Å². The Morgan fingerprint density at radius 3 is 2.60 bits per heavy atom. The van der Waals surface area contributed by atoms with Crippen LogP contribution in [0.15, 0.2) is 0 Å². The summed E-state index contributed by atoms with van der Waals surface area (Å²) >= 11 is 0. The summed E-state index contributed by atoms with van der Waals surface area (Å²) in [5.41, 5.74) is 5.85. The maximum Gasteiger partial charge on any atom is 0.224 e. The molecule has 0 bridgehead atoms. The average Bonchev–Trinajstić information content (AvgIpc) is 2.60. The molecule has 0 radical (unpaired) electrons. The Kier molecular flexibility index (Phi) is 4.54. The molecule has 0 aromatic carbocycles. The lowest BCUT2D eigenvalue weighted by Gasteiger charge is -2.23. The highest BCUT2D eigenvalue weighted by Gasteiger charge is 2.31. The predicted molar refractivity (Wildman–Crippen MR) is 59.2 cm³/mol. The van der Waals surface area contributed by atoms with Crippen molar-refractivity contribution >= 4 is 5.91 Å². The van der Waals surface area contributed by atoms with Gasteiger partial charge in [0.05, 0.1) is 18.6 Å². The molecule has 1 amide bonds. The molecular weight excluding hydrogens is 192 g/mol. The molecule has 0 aliphatic heterocycles. The fraction of sp³-hybridized carbons (Fsp3) is 0.909. The number of rotatable bonds is 4. The molecule has 1 fully saturated rings. The second kappa shape index (κ2) is 5.47. The lowest BCUT2D eigenvalue weighted by atomic mass is 10.0. The molecule has 0 aromatic rings. The van der Waals surface area contributed by atoms with Gasteiger partial charge in [-0.05, 0) is 18.8 Å². The van der Waals surface area contributed by atoms with Gasteiger partial charge in [-0.25, -0.2) is 0 Å². The molecule has 1 saturated carbocycles. The zero-order valence-electron chi connectivity index (χ0n) is 9.57. The number of hydrogen-bond donors (Lipinski definition) is 3. The Hall–Kier alpha value is -0.610. The van der Waals surface area contributed by atoms with Gasteiger partial charge in [0.15, 0.2) is 0 Å². The molecule has 3 unspecified atom stereocenters. The summed E-state index contributed by atoms with van der Waals surface area (Å²) in [7, 11) is 0. The van der Waals surface area contributed by atoms with E-state index in [9.17, 15) is 4.79 Å². The smallest absolute Gasteiger partial charge is 0.224 e.